The van der Waals surface area contributed by atoms with Gasteiger partial charge in [-0.25, -0.2) is 0 Å². The molecule has 10 heteroatoms. The Hall–Kier alpha value is -3.40. The van der Waals surface area contributed by atoms with Gasteiger partial charge in [-0.3, -0.25) is 9.59 Å². The molecule has 2 aromatic carbocycles. The SMILES string of the molecule is O=C(CN1C(=O)CC(c2ccco2)Sc2ccccc21)Nc1ccc(OC(F)(F)F)cc1. The molecule has 1 N–H and O–H groups in total. The van der Waals surface area contributed by atoms with Gasteiger partial charge in [0.05, 0.1) is 17.2 Å². The molecule has 2 heterocycles. The largest absolute Gasteiger partial charge is 0.573 e. The second-order valence-electron chi connectivity index (χ2n) is 6.89. The number of ether oxygens (including phenoxy) is 1. The zero-order valence-electron chi connectivity index (χ0n) is 16.5. The number of halogens is 3. The molecule has 1 atom stereocenters. The first-order valence-electron chi connectivity index (χ1n) is 9.53. The van der Waals surface area contributed by atoms with Crippen molar-refractivity contribution < 1.29 is 31.9 Å². The third kappa shape index (κ3) is 5.25. The zero-order valence-corrected chi connectivity index (χ0v) is 17.3. The molecule has 6 nitrogen and oxygen atoms in total. The van der Waals surface area contributed by atoms with E-state index in [0.717, 1.165) is 17.0 Å². The minimum Gasteiger partial charge on any atom is -0.468 e. The Balaban J connectivity index is 1.48. The third-order valence-corrected chi connectivity index (χ3v) is 5.90. The molecule has 1 aliphatic rings. The first-order valence-corrected chi connectivity index (χ1v) is 10.4. The van der Waals surface area contributed by atoms with E-state index >= 15 is 0 Å². The highest BCUT2D eigenvalue weighted by Crippen LogP contribution is 2.45. The number of rotatable bonds is 5. The van der Waals surface area contributed by atoms with Gasteiger partial charge in [0.1, 0.15) is 18.1 Å². The number of thioether (sulfide) groups is 1. The summed E-state index contributed by atoms with van der Waals surface area (Å²) < 4.78 is 46.1. The van der Waals surface area contributed by atoms with Crippen LogP contribution >= 0.6 is 11.8 Å². The van der Waals surface area contributed by atoms with Crippen LogP contribution in [0.4, 0.5) is 24.5 Å². The van der Waals surface area contributed by atoms with Crippen LogP contribution in [0, 0.1) is 0 Å². The Morgan fingerprint density at radius 2 is 1.88 bits per heavy atom. The van der Waals surface area contributed by atoms with E-state index in [1.807, 2.05) is 18.2 Å². The van der Waals surface area contributed by atoms with Crippen molar-refractivity contribution in [1.29, 1.82) is 0 Å². The number of hydrogen-bond donors (Lipinski definition) is 1. The van der Waals surface area contributed by atoms with Crippen molar-refractivity contribution in [3.8, 4) is 5.75 Å². The molecule has 1 aliphatic heterocycles. The van der Waals surface area contributed by atoms with Crippen molar-refractivity contribution in [2.45, 2.75) is 22.9 Å². The normalized spacial score (nSPS) is 16.3. The van der Waals surface area contributed by atoms with Crippen molar-refractivity contribution >= 4 is 35.0 Å². The Morgan fingerprint density at radius 3 is 2.56 bits per heavy atom. The molecule has 2 amide bonds. The van der Waals surface area contributed by atoms with Crippen molar-refractivity contribution in [1.82, 2.24) is 0 Å². The van der Waals surface area contributed by atoms with Gasteiger partial charge in [0, 0.05) is 17.0 Å². The third-order valence-electron chi connectivity index (χ3n) is 4.62. The highest BCUT2D eigenvalue weighted by atomic mass is 32.2. The maximum atomic E-state index is 13.0. The predicted molar refractivity (Wildman–Crippen MR) is 112 cm³/mol. The predicted octanol–water partition coefficient (Wildman–Crippen LogP) is 5.39. The number of benzene rings is 2. The fourth-order valence-corrected chi connectivity index (χ4v) is 4.51. The molecule has 0 fully saturated rings. The first-order chi connectivity index (χ1) is 15.3. The van der Waals surface area contributed by atoms with Gasteiger partial charge in [0.25, 0.3) is 0 Å². The molecule has 0 radical (unpaired) electrons. The van der Waals surface area contributed by atoms with Crippen LogP contribution in [-0.2, 0) is 9.59 Å². The second kappa shape index (κ2) is 8.99. The van der Waals surface area contributed by atoms with Gasteiger partial charge in [-0.1, -0.05) is 12.1 Å². The standard InChI is InChI=1S/C22H17F3N2O4S/c23-22(24,25)31-15-9-7-14(8-10-15)26-20(28)13-27-16-4-1-2-6-18(16)32-19(12-21(27)29)17-5-3-11-30-17/h1-11,19H,12-13H2,(H,26,28). The first kappa shape index (κ1) is 21.8. The van der Waals surface area contributed by atoms with Crippen LogP contribution in [0.5, 0.6) is 5.75 Å². The van der Waals surface area contributed by atoms with Gasteiger partial charge < -0.3 is 19.4 Å². The van der Waals surface area contributed by atoms with Crippen LogP contribution in [0.1, 0.15) is 17.4 Å². The van der Waals surface area contributed by atoms with E-state index in [9.17, 15) is 22.8 Å². The fraction of sp³-hybridized carbons (Fsp3) is 0.182. The summed E-state index contributed by atoms with van der Waals surface area (Å²) in [5, 5.41) is 2.37. The molecule has 4 rings (SSSR count). The van der Waals surface area contributed by atoms with Gasteiger partial charge in [-0.05, 0) is 48.5 Å². The van der Waals surface area contributed by atoms with E-state index in [-0.39, 0.29) is 29.8 Å². The minimum atomic E-state index is -4.79. The number of nitrogens with zero attached hydrogens (tertiary/aromatic N) is 1. The van der Waals surface area contributed by atoms with Gasteiger partial charge >= 0.3 is 6.36 Å². The van der Waals surface area contributed by atoms with E-state index in [4.69, 9.17) is 4.42 Å². The summed E-state index contributed by atoms with van der Waals surface area (Å²) in [7, 11) is 0. The maximum Gasteiger partial charge on any atom is 0.573 e. The molecule has 0 bridgehead atoms. The minimum absolute atomic E-state index is 0.142. The number of fused-ring (bicyclic) bond motifs is 1. The highest BCUT2D eigenvalue weighted by molar-refractivity contribution is 7.99. The number of anilines is 2. The van der Waals surface area contributed by atoms with Gasteiger partial charge in [0.2, 0.25) is 11.8 Å². The van der Waals surface area contributed by atoms with Crippen LogP contribution in [0.25, 0.3) is 0 Å². The molecular weight excluding hydrogens is 445 g/mol. The molecule has 1 aromatic heterocycles. The molecule has 166 valence electrons. The summed E-state index contributed by atoms with van der Waals surface area (Å²) in [4.78, 5) is 27.9. The lowest BCUT2D eigenvalue weighted by Crippen LogP contribution is -2.38. The Morgan fingerprint density at radius 1 is 1.12 bits per heavy atom. The van der Waals surface area contributed by atoms with E-state index < -0.39 is 18.0 Å². The van der Waals surface area contributed by atoms with Crippen molar-refractivity contribution in [3.05, 3.63) is 72.7 Å². The Labute approximate surface area is 185 Å². The number of carbonyl (C=O) groups excluding carboxylic acids is 2. The van der Waals surface area contributed by atoms with Crippen molar-refractivity contribution in [2.24, 2.45) is 0 Å². The summed E-state index contributed by atoms with van der Waals surface area (Å²) in [5.41, 5.74) is 0.892. The Kier molecular flexibility index (Phi) is 6.13. The quantitative estimate of drug-likeness (QED) is 0.551. The average Bonchev–Trinajstić information content (AvgIpc) is 3.23. The molecule has 0 saturated carbocycles. The monoisotopic (exact) mass is 462 g/mol. The van der Waals surface area contributed by atoms with Crippen molar-refractivity contribution in [2.75, 3.05) is 16.8 Å². The molecular formula is C22H17F3N2O4S. The van der Waals surface area contributed by atoms with Crippen LogP contribution in [0.2, 0.25) is 0 Å². The van der Waals surface area contributed by atoms with Gasteiger partial charge in [-0.15, -0.1) is 24.9 Å². The van der Waals surface area contributed by atoms with E-state index in [1.165, 1.54) is 28.8 Å². The lowest BCUT2D eigenvalue weighted by atomic mass is 10.2. The molecule has 0 aliphatic carbocycles. The van der Waals surface area contributed by atoms with E-state index in [2.05, 4.69) is 10.1 Å². The van der Waals surface area contributed by atoms with Crippen LogP contribution in [0.3, 0.4) is 0 Å². The van der Waals surface area contributed by atoms with Gasteiger partial charge in [-0.2, -0.15) is 0 Å². The molecule has 32 heavy (non-hydrogen) atoms. The Bertz CT molecular complexity index is 1100. The number of furan rings is 1. The van der Waals surface area contributed by atoms with Gasteiger partial charge in [0.15, 0.2) is 0 Å². The summed E-state index contributed by atoms with van der Waals surface area (Å²) >= 11 is 1.49. The highest BCUT2D eigenvalue weighted by Gasteiger charge is 2.32. The topological polar surface area (TPSA) is 71.8 Å². The fourth-order valence-electron chi connectivity index (χ4n) is 3.27. The number of nitrogens with one attached hydrogen (secondary N) is 1. The lowest BCUT2D eigenvalue weighted by molar-refractivity contribution is -0.274. The zero-order chi connectivity index (χ0) is 22.7. The van der Waals surface area contributed by atoms with Crippen LogP contribution in [-0.4, -0.2) is 24.7 Å². The van der Waals surface area contributed by atoms with Crippen LogP contribution < -0.4 is 15.0 Å². The number of hydrogen-bond acceptors (Lipinski definition) is 5. The lowest BCUT2D eigenvalue weighted by Gasteiger charge is -2.22. The maximum absolute atomic E-state index is 13.0. The van der Waals surface area contributed by atoms with E-state index in [1.54, 1.807) is 24.5 Å². The smallest absolute Gasteiger partial charge is 0.468 e. The molecule has 1 unspecified atom stereocenters. The summed E-state index contributed by atoms with van der Waals surface area (Å²) in [5.74, 6) is -0.453. The number of carbonyl (C=O) groups is 2. The summed E-state index contributed by atoms with van der Waals surface area (Å²) in [6.45, 7) is -0.248. The molecule has 0 spiro atoms. The van der Waals surface area contributed by atoms with Crippen LogP contribution in [0.15, 0.2) is 76.2 Å². The summed E-state index contributed by atoms with van der Waals surface area (Å²) in [6, 6.07) is 15.6. The number of amides is 2. The number of para-hydroxylation sites is 1. The number of alkyl halides is 3. The van der Waals surface area contributed by atoms with Crippen molar-refractivity contribution in [3.63, 3.8) is 0 Å². The average molecular weight is 462 g/mol. The van der Waals surface area contributed by atoms with E-state index in [0.29, 0.717) is 11.4 Å². The second-order valence-corrected chi connectivity index (χ2v) is 8.14. The molecule has 0 saturated heterocycles. The summed E-state index contributed by atoms with van der Waals surface area (Å²) in [6.07, 6.45) is -3.10. The molecule has 3 aromatic rings.